The van der Waals surface area contributed by atoms with Crippen molar-refractivity contribution in [1.82, 2.24) is 0 Å². The number of hydrogen-bond donors (Lipinski definition) is 1. The number of nitrogen functional groups attached to an aromatic ring is 1. The molecule has 2 aromatic carbocycles. The molecular formula is C17H19ClFN3. The van der Waals surface area contributed by atoms with E-state index in [1.54, 1.807) is 29.3 Å². The van der Waals surface area contributed by atoms with Crippen LogP contribution in [0.5, 0.6) is 0 Å². The highest BCUT2D eigenvalue weighted by Gasteiger charge is 2.12. The number of anilines is 2. The zero-order valence-electron chi connectivity index (χ0n) is 12.8. The lowest BCUT2D eigenvalue weighted by molar-refractivity contribution is 0.624. The van der Waals surface area contributed by atoms with E-state index in [0.717, 1.165) is 11.3 Å². The Morgan fingerprint density at radius 2 is 1.95 bits per heavy atom. The molecule has 0 saturated heterocycles. The molecule has 0 unspecified atom stereocenters. The van der Waals surface area contributed by atoms with E-state index in [1.165, 1.54) is 12.1 Å². The smallest absolute Gasteiger partial charge is 0.125 e. The molecule has 0 fully saturated rings. The summed E-state index contributed by atoms with van der Waals surface area (Å²) in [6, 6.07) is 11.7. The second-order valence-corrected chi connectivity index (χ2v) is 5.77. The first kappa shape index (κ1) is 16.3. The highest BCUT2D eigenvalue weighted by atomic mass is 35.5. The van der Waals surface area contributed by atoms with E-state index in [0.29, 0.717) is 16.4 Å². The highest BCUT2D eigenvalue weighted by Crippen LogP contribution is 2.22. The van der Waals surface area contributed by atoms with Gasteiger partial charge in [0.05, 0.1) is 11.4 Å². The summed E-state index contributed by atoms with van der Waals surface area (Å²) in [6.45, 7) is 5.84. The number of nitrogens with two attached hydrogens (primary N) is 1. The fourth-order valence-electron chi connectivity index (χ4n) is 2.15. The standard InChI is InChI=1S/C17H19ClFN3/c1-11(2)22(15-6-4-5-14(19)10-15)21-12(3)16-9-13(18)7-8-17(16)20/h4-11H,20H2,1-3H3/b21-12+. The Balaban J connectivity index is 2.43. The Kier molecular flexibility index (Phi) is 5.03. The summed E-state index contributed by atoms with van der Waals surface area (Å²) >= 11 is 6.02. The van der Waals surface area contributed by atoms with E-state index in [2.05, 4.69) is 5.10 Å². The van der Waals surface area contributed by atoms with E-state index in [-0.39, 0.29) is 11.9 Å². The van der Waals surface area contributed by atoms with Gasteiger partial charge < -0.3 is 5.73 Å². The minimum Gasteiger partial charge on any atom is -0.398 e. The lowest BCUT2D eigenvalue weighted by Crippen LogP contribution is -2.26. The van der Waals surface area contributed by atoms with Crippen molar-refractivity contribution in [1.29, 1.82) is 0 Å². The second kappa shape index (κ2) is 6.79. The van der Waals surface area contributed by atoms with Gasteiger partial charge >= 0.3 is 0 Å². The predicted molar refractivity (Wildman–Crippen MR) is 92.1 cm³/mol. The first-order chi connectivity index (χ1) is 10.4. The van der Waals surface area contributed by atoms with E-state index >= 15 is 0 Å². The molecule has 2 aromatic rings. The van der Waals surface area contributed by atoms with Crippen molar-refractivity contribution in [3.63, 3.8) is 0 Å². The number of halogens is 2. The summed E-state index contributed by atoms with van der Waals surface area (Å²) < 4.78 is 13.5. The second-order valence-electron chi connectivity index (χ2n) is 5.34. The molecule has 0 bridgehead atoms. The highest BCUT2D eigenvalue weighted by molar-refractivity contribution is 6.31. The van der Waals surface area contributed by atoms with Crippen LogP contribution in [0.2, 0.25) is 5.02 Å². The lowest BCUT2D eigenvalue weighted by Gasteiger charge is -2.24. The molecule has 0 radical (unpaired) electrons. The number of hydrogen-bond acceptors (Lipinski definition) is 3. The van der Waals surface area contributed by atoms with Crippen molar-refractivity contribution >= 4 is 28.7 Å². The summed E-state index contributed by atoms with van der Waals surface area (Å²) in [5.41, 5.74) is 8.78. The maximum atomic E-state index is 13.5. The summed E-state index contributed by atoms with van der Waals surface area (Å²) in [7, 11) is 0. The van der Waals surface area contributed by atoms with Crippen molar-refractivity contribution in [3.05, 3.63) is 58.9 Å². The monoisotopic (exact) mass is 319 g/mol. The maximum Gasteiger partial charge on any atom is 0.125 e. The van der Waals surface area contributed by atoms with Gasteiger partial charge in [-0.1, -0.05) is 17.7 Å². The average molecular weight is 320 g/mol. The van der Waals surface area contributed by atoms with Crippen molar-refractivity contribution in [3.8, 4) is 0 Å². The topological polar surface area (TPSA) is 41.6 Å². The summed E-state index contributed by atoms with van der Waals surface area (Å²) in [5, 5.41) is 6.96. The molecular weight excluding hydrogens is 301 g/mol. The van der Waals surface area contributed by atoms with Crippen LogP contribution in [0.25, 0.3) is 0 Å². The van der Waals surface area contributed by atoms with Gasteiger partial charge in [0, 0.05) is 22.3 Å². The van der Waals surface area contributed by atoms with Crippen LogP contribution in [-0.4, -0.2) is 11.8 Å². The van der Waals surface area contributed by atoms with Crippen LogP contribution in [0.15, 0.2) is 47.6 Å². The lowest BCUT2D eigenvalue weighted by atomic mass is 10.1. The minimum absolute atomic E-state index is 0.0668. The molecule has 2 rings (SSSR count). The zero-order chi connectivity index (χ0) is 16.3. The molecule has 3 nitrogen and oxygen atoms in total. The van der Waals surface area contributed by atoms with E-state index in [9.17, 15) is 4.39 Å². The molecule has 0 atom stereocenters. The number of nitrogens with zero attached hydrogens (tertiary/aromatic N) is 2. The van der Waals surface area contributed by atoms with Crippen molar-refractivity contribution < 1.29 is 4.39 Å². The van der Waals surface area contributed by atoms with Gasteiger partial charge in [0.25, 0.3) is 0 Å². The maximum absolute atomic E-state index is 13.5. The molecule has 0 aliphatic carbocycles. The van der Waals surface area contributed by atoms with E-state index in [4.69, 9.17) is 17.3 Å². The average Bonchev–Trinajstić information content (AvgIpc) is 2.46. The van der Waals surface area contributed by atoms with Crippen molar-refractivity contribution in [2.45, 2.75) is 26.8 Å². The molecule has 0 amide bonds. The minimum atomic E-state index is -0.293. The van der Waals surface area contributed by atoms with Crippen LogP contribution in [-0.2, 0) is 0 Å². The Hall–Kier alpha value is -2.07. The van der Waals surface area contributed by atoms with Gasteiger partial charge in [0.2, 0.25) is 0 Å². The number of rotatable bonds is 4. The van der Waals surface area contributed by atoms with Crippen LogP contribution >= 0.6 is 11.6 Å². The van der Waals surface area contributed by atoms with Crippen LogP contribution < -0.4 is 10.7 Å². The van der Waals surface area contributed by atoms with Gasteiger partial charge in [-0.3, -0.25) is 5.01 Å². The summed E-state index contributed by atoms with van der Waals surface area (Å²) in [5.74, 6) is -0.293. The largest absolute Gasteiger partial charge is 0.398 e. The predicted octanol–water partition coefficient (Wildman–Crippen LogP) is 4.70. The SMILES string of the molecule is C/C(=N\N(c1cccc(F)c1)C(C)C)c1cc(Cl)ccc1N. The Morgan fingerprint density at radius 1 is 1.23 bits per heavy atom. The summed E-state index contributed by atoms with van der Waals surface area (Å²) in [6.07, 6.45) is 0. The first-order valence-electron chi connectivity index (χ1n) is 7.04. The van der Waals surface area contributed by atoms with Gasteiger partial charge in [-0.15, -0.1) is 0 Å². The van der Waals surface area contributed by atoms with Gasteiger partial charge in [0.15, 0.2) is 0 Å². The molecule has 0 heterocycles. The van der Waals surface area contributed by atoms with Gasteiger partial charge in [-0.25, -0.2) is 4.39 Å². The molecule has 116 valence electrons. The third kappa shape index (κ3) is 3.77. The Bertz CT molecular complexity index is 698. The Morgan fingerprint density at radius 3 is 2.59 bits per heavy atom. The molecule has 5 heteroatoms. The van der Waals surface area contributed by atoms with Gasteiger partial charge in [-0.05, 0) is 57.2 Å². The van der Waals surface area contributed by atoms with E-state index < -0.39 is 0 Å². The molecule has 22 heavy (non-hydrogen) atoms. The molecule has 0 spiro atoms. The van der Waals surface area contributed by atoms with Crippen molar-refractivity contribution in [2.75, 3.05) is 10.7 Å². The van der Waals surface area contributed by atoms with Crippen LogP contribution in [0.4, 0.5) is 15.8 Å². The van der Waals surface area contributed by atoms with Gasteiger partial charge in [0.1, 0.15) is 5.82 Å². The van der Waals surface area contributed by atoms with Crippen LogP contribution in [0.3, 0.4) is 0 Å². The first-order valence-corrected chi connectivity index (χ1v) is 7.41. The quantitative estimate of drug-likeness (QED) is 0.504. The van der Waals surface area contributed by atoms with Crippen molar-refractivity contribution in [2.24, 2.45) is 5.10 Å². The molecule has 0 aromatic heterocycles. The number of benzene rings is 2. The molecule has 0 saturated carbocycles. The fourth-order valence-corrected chi connectivity index (χ4v) is 2.32. The third-order valence-electron chi connectivity index (χ3n) is 3.22. The fraction of sp³-hybridized carbons (Fsp3) is 0.235. The third-order valence-corrected chi connectivity index (χ3v) is 3.46. The normalized spacial score (nSPS) is 11.8. The zero-order valence-corrected chi connectivity index (χ0v) is 13.6. The molecule has 2 N–H and O–H groups in total. The van der Waals surface area contributed by atoms with Gasteiger partial charge in [-0.2, -0.15) is 5.10 Å². The Labute approximate surface area is 135 Å². The summed E-state index contributed by atoms with van der Waals surface area (Å²) in [4.78, 5) is 0. The number of hydrazone groups is 1. The van der Waals surface area contributed by atoms with Crippen LogP contribution in [0, 0.1) is 5.82 Å². The molecule has 0 aliphatic heterocycles. The van der Waals surface area contributed by atoms with Crippen LogP contribution in [0.1, 0.15) is 26.3 Å². The molecule has 0 aliphatic rings. The van der Waals surface area contributed by atoms with E-state index in [1.807, 2.05) is 26.8 Å².